The SMILES string of the molecule is C=C(C)C(/C=C\C)=C(\C)c1cnn(C2(CC#N)CN(S(=O)(=O)CC)C2)c1. The summed E-state index contributed by atoms with van der Waals surface area (Å²) in [6.45, 7) is 12.1. The van der Waals surface area contributed by atoms with Crippen molar-refractivity contribution >= 4 is 15.6 Å². The van der Waals surface area contributed by atoms with E-state index in [0.717, 1.165) is 22.3 Å². The molecule has 1 aliphatic rings. The Hall–Kier alpha value is -2.17. The Balaban J connectivity index is 2.37. The Bertz CT molecular complexity index is 894. The molecule has 0 atom stereocenters. The first-order chi connectivity index (χ1) is 12.2. The Morgan fingerprint density at radius 2 is 2.12 bits per heavy atom. The predicted molar refractivity (Wildman–Crippen MR) is 104 cm³/mol. The van der Waals surface area contributed by atoms with Gasteiger partial charge in [-0.2, -0.15) is 14.7 Å². The minimum Gasteiger partial charge on any atom is -0.262 e. The summed E-state index contributed by atoms with van der Waals surface area (Å²) >= 11 is 0. The maximum absolute atomic E-state index is 12.0. The van der Waals surface area contributed by atoms with Crippen molar-refractivity contribution in [1.29, 1.82) is 5.26 Å². The van der Waals surface area contributed by atoms with Crippen LogP contribution in [0.1, 0.15) is 39.7 Å². The van der Waals surface area contributed by atoms with Gasteiger partial charge in [0.05, 0.1) is 24.4 Å². The van der Waals surface area contributed by atoms with Gasteiger partial charge in [0, 0.05) is 24.8 Å². The first kappa shape index (κ1) is 20.1. The highest BCUT2D eigenvalue weighted by Crippen LogP contribution is 2.35. The van der Waals surface area contributed by atoms with Gasteiger partial charge in [-0.05, 0) is 38.8 Å². The van der Waals surface area contributed by atoms with E-state index in [4.69, 9.17) is 0 Å². The van der Waals surface area contributed by atoms with Gasteiger partial charge in [-0.25, -0.2) is 8.42 Å². The summed E-state index contributed by atoms with van der Waals surface area (Å²) in [5.41, 5.74) is 3.40. The summed E-state index contributed by atoms with van der Waals surface area (Å²) in [5.74, 6) is 0.0627. The highest BCUT2D eigenvalue weighted by Gasteiger charge is 2.49. The second kappa shape index (κ2) is 7.60. The van der Waals surface area contributed by atoms with Crippen LogP contribution >= 0.6 is 0 Å². The summed E-state index contributed by atoms with van der Waals surface area (Å²) in [5, 5.41) is 13.7. The molecule has 0 radical (unpaired) electrons. The van der Waals surface area contributed by atoms with E-state index >= 15 is 0 Å². The Morgan fingerprint density at radius 1 is 1.46 bits per heavy atom. The third kappa shape index (κ3) is 3.67. The zero-order chi connectivity index (χ0) is 19.5. The van der Waals surface area contributed by atoms with Crippen LogP contribution < -0.4 is 0 Å². The van der Waals surface area contributed by atoms with Crippen LogP contribution in [0, 0.1) is 11.3 Å². The third-order valence-electron chi connectivity index (χ3n) is 4.81. The molecule has 7 heteroatoms. The largest absolute Gasteiger partial charge is 0.262 e. The summed E-state index contributed by atoms with van der Waals surface area (Å²) < 4.78 is 27.3. The minimum atomic E-state index is -3.25. The summed E-state index contributed by atoms with van der Waals surface area (Å²) in [4.78, 5) is 0. The van der Waals surface area contributed by atoms with Gasteiger partial charge in [0.2, 0.25) is 10.0 Å². The molecule has 2 heterocycles. The second-order valence-corrected chi connectivity index (χ2v) is 8.98. The van der Waals surface area contributed by atoms with Crippen molar-refractivity contribution in [2.24, 2.45) is 0 Å². The van der Waals surface area contributed by atoms with Crippen LogP contribution in [-0.4, -0.2) is 41.3 Å². The number of rotatable bonds is 7. The van der Waals surface area contributed by atoms with Crippen molar-refractivity contribution in [2.45, 2.75) is 39.7 Å². The van der Waals surface area contributed by atoms with Crippen LogP contribution in [0.2, 0.25) is 0 Å². The lowest BCUT2D eigenvalue weighted by atomic mass is 9.89. The number of sulfonamides is 1. The lowest BCUT2D eigenvalue weighted by Crippen LogP contribution is -2.64. The molecule has 0 amide bonds. The summed E-state index contributed by atoms with van der Waals surface area (Å²) in [6, 6.07) is 2.18. The first-order valence-electron chi connectivity index (χ1n) is 8.60. The molecule has 0 bridgehead atoms. The van der Waals surface area contributed by atoms with Crippen molar-refractivity contribution in [3.63, 3.8) is 0 Å². The monoisotopic (exact) mass is 374 g/mol. The molecule has 1 aromatic heterocycles. The van der Waals surface area contributed by atoms with Crippen LogP contribution in [0.3, 0.4) is 0 Å². The molecule has 0 aliphatic carbocycles. The minimum absolute atomic E-state index is 0.0627. The van der Waals surface area contributed by atoms with Crippen LogP contribution in [0.25, 0.3) is 5.57 Å². The molecule has 0 unspecified atom stereocenters. The predicted octanol–water partition coefficient (Wildman–Crippen LogP) is 3.08. The lowest BCUT2D eigenvalue weighted by molar-refractivity contribution is 0.0718. The van der Waals surface area contributed by atoms with Gasteiger partial charge in [-0.15, -0.1) is 0 Å². The fourth-order valence-electron chi connectivity index (χ4n) is 3.16. The van der Waals surface area contributed by atoms with Crippen molar-refractivity contribution < 1.29 is 8.42 Å². The molecule has 1 fully saturated rings. The van der Waals surface area contributed by atoms with E-state index in [9.17, 15) is 13.7 Å². The average Bonchev–Trinajstić information content (AvgIpc) is 3.04. The van der Waals surface area contributed by atoms with Gasteiger partial charge in [0.25, 0.3) is 0 Å². The number of allylic oxidation sites excluding steroid dienone is 5. The second-order valence-electron chi connectivity index (χ2n) is 6.72. The van der Waals surface area contributed by atoms with E-state index in [2.05, 4.69) is 17.7 Å². The fraction of sp³-hybridized carbons (Fsp3) is 0.474. The smallest absolute Gasteiger partial charge is 0.213 e. The van der Waals surface area contributed by atoms with Crippen LogP contribution in [0.15, 0.2) is 42.3 Å². The van der Waals surface area contributed by atoms with Crippen LogP contribution in [0.4, 0.5) is 0 Å². The van der Waals surface area contributed by atoms with E-state index in [1.165, 1.54) is 4.31 Å². The van der Waals surface area contributed by atoms with E-state index in [1.54, 1.807) is 17.8 Å². The van der Waals surface area contributed by atoms with Gasteiger partial charge >= 0.3 is 0 Å². The molecule has 1 saturated heterocycles. The van der Waals surface area contributed by atoms with Crippen LogP contribution in [0.5, 0.6) is 0 Å². The zero-order valence-corrected chi connectivity index (χ0v) is 16.7. The number of hydrogen-bond acceptors (Lipinski definition) is 4. The molecule has 26 heavy (non-hydrogen) atoms. The molecular weight excluding hydrogens is 348 g/mol. The highest BCUT2D eigenvalue weighted by molar-refractivity contribution is 7.89. The number of hydrogen-bond donors (Lipinski definition) is 0. The highest BCUT2D eigenvalue weighted by atomic mass is 32.2. The standard InChI is InChI=1S/C19H26N4O2S/c1-6-8-18(15(3)4)16(5)17-11-21-23(12-17)19(9-10-20)13-22(14-19)26(24,25)7-2/h6,8,11-12H,3,7,9,13-14H2,1-2,4-5H3/b8-6-,18-16+. The van der Waals surface area contributed by atoms with E-state index in [1.807, 2.05) is 39.1 Å². The van der Waals surface area contributed by atoms with E-state index in [-0.39, 0.29) is 25.3 Å². The molecule has 140 valence electrons. The first-order valence-corrected chi connectivity index (χ1v) is 10.2. The Morgan fingerprint density at radius 3 is 2.62 bits per heavy atom. The molecule has 6 nitrogen and oxygen atoms in total. The normalized spacial score (nSPS) is 18.3. The molecule has 1 aromatic rings. The maximum Gasteiger partial charge on any atom is 0.213 e. The molecular formula is C19H26N4O2S. The Kier molecular flexibility index (Phi) is 5.89. The molecule has 0 aromatic carbocycles. The van der Waals surface area contributed by atoms with Crippen LogP contribution in [-0.2, 0) is 15.6 Å². The van der Waals surface area contributed by atoms with Gasteiger partial charge in [0.1, 0.15) is 5.54 Å². The van der Waals surface area contributed by atoms with E-state index in [0.29, 0.717) is 0 Å². The number of aromatic nitrogens is 2. The van der Waals surface area contributed by atoms with Gasteiger partial charge in [0.15, 0.2) is 0 Å². The molecule has 0 saturated carbocycles. The van der Waals surface area contributed by atoms with Crippen molar-refractivity contribution in [1.82, 2.24) is 14.1 Å². The molecule has 1 aliphatic heterocycles. The topological polar surface area (TPSA) is 79.0 Å². The summed E-state index contributed by atoms with van der Waals surface area (Å²) in [6.07, 6.45) is 7.86. The van der Waals surface area contributed by atoms with Crippen molar-refractivity contribution in [3.8, 4) is 6.07 Å². The van der Waals surface area contributed by atoms with Gasteiger partial charge in [-0.3, -0.25) is 4.68 Å². The molecule has 0 spiro atoms. The molecule has 2 rings (SSSR count). The summed E-state index contributed by atoms with van der Waals surface area (Å²) in [7, 11) is -3.25. The number of nitrogens with zero attached hydrogens (tertiary/aromatic N) is 4. The van der Waals surface area contributed by atoms with E-state index < -0.39 is 15.6 Å². The zero-order valence-electron chi connectivity index (χ0n) is 15.9. The Labute approximate surface area is 156 Å². The average molecular weight is 375 g/mol. The number of nitriles is 1. The maximum atomic E-state index is 12.0. The fourth-order valence-corrected chi connectivity index (χ4v) is 4.40. The third-order valence-corrected chi connectivity index (χ3v) is 6.58. The lowest BCUT2D eigenvalue weighted by Gasteiger charge is -2.47. The molecule has 0 N–H and O–H groups in total. The van der Waals surface area contributed by atoms with Gasteiger partial charge < -0.3 is 0 Å². The van der Waals surface area contributed by atoms with Crippen molar-refractivity contribution in [2.75, 3.05) is 18.8 Å². The quantitative estimate of drug-likeness (QED) is 0.687. The van der Waals surface area contributed by atoms with Crippen molar-refractivity contribution in [3.05, 3.63) is 47.8 Å². The van der Waals surface area contributed by atoms with Gasteiger partial charge in [-0.1, -0.05) is 24.3 Å².